The molecular weight excluding hydrogens is 264 g/mol. The Kier molecular flexibility index (Phi) is 5.96. The Bertz CT molecular complexity index is 404. The average Bonchev–Trinajstić information content (AvgIpc) is 2.41. The Morgan fingerprint density at radius 3 is 2.42 bits per heavy atom. The number of benzene rings is 1. The van der Waals surface area contributed by atoms with Crippen LogP contribution in [-0.2, 0) is 4.74 Å². The number of halogens is 1. The van der Waals surface area contributed by atoms with Crippen molar-refractivity contribution < 1.29 is 9.53 Å². The van der Waals surface area contributed by atoms with Crippen LogP contribution in [0.15, 0.2) is 24.3 Å². The molecule has 0 aromatic heterocycles. The van der Waals surface area contributed by atoms with E-state index in [0.29, 0.717) is 6.61 Å². The maximum absolute atomic E-state index is 11.2. The number of anilines is 1. The van der Waals surface area contributed by atoms with Gasteiger partial charge in [0.15, 0.2) is 0 Å². The number of carbonyl (C=O) groups is 1. The predicted octanol–water partition coefficient (Wildman–Crippen LogP) is 3.13. The summed E-state index contributed by atoms with van der Waals surface area (Å²) < 4.78 is 4.87. The lowest BCUT2D eigenvalue weighted by Crippen LogP contribution is -2.35. The third-order valence-corrected chi connectivity index (χ3v) is 3.36. The highest BCUT2D eigenvalue weighted by Crippen LogP contribution is 2.23. The minimum Gasteiger partial charge on any atom is -0.449 e. The van der Waals surface area contributed by atoms with Gasteiger partial charge in [0.1, 0.15) is 0 Å². The molecule has 0 spiro atoms. The van der Waals surface area contributed by atoms with Crippen LogP contribution in [0.5, 0.6) is 0 Å². The van der Waals surface area contributed by atoms with Gasteiger partial charge < -0.3 is 15.0 Å². The van der Waals surface area contributed by atoms with E-state index in [-0.39, 0.29) is 24.5 Å². The quantitative estimate of drug-likeness (QED) is 0.924. The average molecular weight is 285 g/mol. The minimum atomic E-state index is -0.320. The number of hydrogen-bond acceptors (Lipinski definition) is 3. The third-order valence-electron chi connectivity index (χ3n) is 3.36. The molecular formula is C14H21ClN2O2. The monoisotopic (exact) mass is 284 g/mol. The first-order valence-corrected chi connectivity index (χ1v) is 6.52. The van der Waals surface area contributed by atoms with Crippen molar-refractivity contribution in [3.8, 4) is 0 Å². The number of cyclic esters (lactones) is 1. The zero-order chi connectivity index (χ0) is 13.0. The topological polar surface area (TPSA) is 41.6 Å². The van der Waals surface area contributed by atoms with Gasteiger partial charge in [0, 0.05) is 25.2 Å². The Morgan fingerprint density at radius 1 is 1.26 bits per heavy atom. The van der Waals surface area contributed by atoms with Crippen LogP contribution in [0.25, 0.3) is 0 Å². The van der Waals surface area contributed by atoms with Crippen molar-refractivity contribution in [2.45, 2.75) is 26.3 Å². The van der Waals surface area contributed by atoms with E-state index in [2.05, 4.69) is 48.3 Å². The van der Waals surface area contributed by atoms with Crippen LogP contribution in [0.1, 0.15) is 31.9 Å². The van der Waals surface area contributed by atoms with E-state index in [9.17, 15) is 4.79 Å². The van der Waals surface area contributed by atoms with Gasteiger partial charge in [-0.3, -0.25) is 0 Å². The molecule has 106 valence electrons. The van der Waals surface area contributed by atoms with Crippen molar-refractivity contribution in [2.75, 3.05) is 24.6 Å². The molecule has 1 aliphatic rings. The summed E-state index contributed by atoms with van der Waals surface area (Å²) in [5, 5.41) is 2.83. The third kappa shape index (κ3) is 3.77. The van der Waals surface area contributed by atoms with Crippen LogP contribution in [0.4, 0.5) is 10.5 Å². The fraction of sp³-hybridized carbons (Fsp3) is 0.500. The summed E-state index contributed by atoms with van der Waals surface area (Å²) in [6.07, 6.45) is 0.509. The Hall–Kier alpha value is -1.42. The van der Waals surface area contributed by atoms with Crippen LogP contribution >= 0.6 is 12.4 Å². The molecule has 1 aromatic rings. The first-order valence-electron chi connectivity index (χ1n) is 6.52. The summed E-state index contributed by atoms with van der Waals surface area (Å²) >= 11 is 0. The van der Waals surface area contributed by atoms with E-state index in [1.807, 2.05) is 0 Å². The maximum Gasteiger partial charge on any atom is 0.407 e. The van der Waals surface area contributed by atoms with Gasteiger partial charge >= 0.3 is 6.09 Å². The molecule has 0 bridgehead atoms. The largest absolute Gasteiger partial charge is 0.449 e. The second kappa shape index (κ2) is 7.24. The van der Waals surface area contributed by atoms with Crippen LogP contribution in [0.2, 0.25) is 0 Å². The van der Waals surface area contributed by atoms with Gasteiger partial charge in [0.05, 0.1) is 12.6 Å². The first kappa shape index (κ1) is 15.6. The molecule has 1 fully saturated rings. The van der Waals surface area contributed by atoms with Gasteiger partial charge in [0.2, 0.25) is 0 Å². The second-order valence-corrected chi connectivity index (χ2v) is 4.39. The molecule has 0 radical (unpaired) electrons. The minimum absolute atomic E-state index is 0. The molecule has 1 heterocycles. The predicted molar refractivity (Wildman–Crippen MR) is 79.1 cm³/mol. The number of ether oxygens (including phenoxy) is 1. The highest BCUT2D eigenvalue weighted by atomic mass is 35.5. The maximum atomic E-state index is 11.2. The van der Waals surface area contributed by atoms with Crippen molar-refractivity contribution in [3.05, 3.63) is 29.8 Å². The summed E-state index contributed by atoms with van der Waals surface area (Å²) in [4.78, 5) is 13.5. The van der Waals surface area contributed by atoms with Gasteiger partial charge in [0.25, 0.3) is 0 Å². The lowest BCUT2D eigenvalue weighted by Gasteiger charge is -2.25. The van der Waals surface area contributed by atoms with E-state index in [1.165, 1.54) is 5.69 Å². The normalized spacial score (nSPS) is 18.0. The Labute approximate surface area is 120 Å². The van der Waals surface area contributed by atoms with Crippen molar-refractivity contribution in [3.63, 3.8) is 0 Å². The molecule has 5 heteroatoms. The fourth-order valence-electron chi connectivity index (χ4n) is 2.28. The fourth-order valence-corrected chi connectivity index (χ4v) is 2.28. The number of nitrogens with zero attached hydrogens (tertiary/aromatic N) is 1. The zero-order valence-corrected chi connectivity index (χ0v) is 12.2. The number of rotatable bonds is 4. The second-order valence-electron chi connectivity index (χ2n) is 4.39. The zero-order valence-electron chi connectivity index (χ0n) is 11.4. The summed E-state index contributed by atoms with van der Waals surface area (Å²) in [6, 6.07) is 8.49. The van der Waals surface area contributed by atoms with Crippen LogP contribution in [-0.4, -0.2) is 25.8 Å². The van der Waals surface area contributed by atoms with E-state index in [4.69, 9.17) is 4.74 Å². The molecule has 2 rings (SSSR count). The van der Waals surface area contributed by atoms with Gasteiger partial charge in [-0.05, 0) is 31.5 Å². The van der Waals surface area contributed by atoms with E-state index >= 15 is 0 Å². The Morgan fingerprint density at radius 2 is 1.89 bits per heavy atom. The molecule has 0 unspecified atom stereocenters. The number of hydrogen-bond donors (Lipinski definition) is 1. The SMILES string of the molecule is CCN(CC)c1ccc([C@@H]2CCOC(=O)N2)cc1.Cl. The summed E-state index contributed by atoms with van der Waals surface area (Å²) in [6.45, 7) is 6.80. The summed E-state index contributed by atoms with van der Waals surface area (Å²) in [5.74, 6) is 0. The number of carbonyl (C=O) groups excluding carboxylic acids is 1. The standard InChI is InChI=1S/C14H20N2O2.ClH/c1-3-16(4-2)12-7-5-11(6-8-12)13-9-10-18-14(17)15-13;/h5-8,13H,3-4,9-10H2,1-2H3,(H,15,17);1H/t13-;/m0./s1. The number of amides is 1. The van der Waals surface area contributed by atoms with Crippen molar-refractivity contribution in [1.82, 2.24) is 5.32 Å². The van der Waals surface area contributed by atoms with E-state index in [0.717, 1.165) is 25.1 Å². The van der Waals surface area contributed by atoms with Gasteiger partial charge in [-0.2, -0.15) is 0 Å². The van der Waals surface area contributed by atoms with Gasteiger partial charge in [-0.15, -0.1) is 12.4 Å². The van der Waals surface area contributed by atoms with Crippen LogP contribution in [0, 0.1) is 0 Å². The molecule has 1 amide bonds. The van der Waals surface area contributed by atoms with Gasteiger partial charge in [-0.1, -0.05) is 12.1 Å². The summed E-state index contributed by atoms with van der Waals surface area (Å²) in [7, 11) is 0. The van der Waals surface area contributed by atoms with Gasteiger partial charge in [-0.25, -0.2) is 4.79 Å². The molecule has 4 nitrogen and oxygen atoms in total. The van der Waals surface area contributed by atoms with Crippen molar-refractivity contribution in [1.29, 1.82) is 0 Å². The molecule has 0 saturated carbocycles. The van der Waals surface area contributed by atoms with Crippen LogP contribution in [0.3, 0.4) is 0 Å². The highest BCUT2D eigenvalue weighted by molar-refractivity contribution is 5.85. The number of alkyl carbamates (subject to hydrolysis) is 1. The molecule has 1 atom stereocenters. The van der Waals surface area contributed by atoms with E-state index < -0.39 is 0 Å². The molecule has 1 aromatic carbocycles. The Balaban J connectivity index is 0.00000180. The molecule has 0 aliphatic carbocycles. The molecule has 19 heavy (non-hydrogen) atoms. The van der Waals surface area contributed by atoms with Crippen molar-refractivity contribution in [2.24, 2.45) is 0 Å². The van der Waals surface area contributed by atoms with Crippen molar-refractivity contribution >= 4 is 24.2 Å². The van der Waals surface area contributed by atoms with Crippen LogP contribution < -0.4 is 10.2 Å². The summed E-state index contributed by atoms with van der Waals surface area (Å²) in [5.41, 5.74) is 2.37. The lowest BCUT2D eigenvalue weighted by molar-refractivity contribution is 0.115. The molecule has 1 N–H and O–H groups in total. The lowest BCUT2D eigenvalue weighted by atomic mass is 10.0. The highest BCUT2D eigenvalue weighted by Gasteiger charge is 2.20. The number of nitrogens with one attached hydrogen (secondary N) is 1. The first-order chi connectivity index (χ1) is 8.74. The van der Waals surface area contributed by atoms with E-state index in [1.54, 1.807) is 0 Å². The molecule has 1 aliphatic heterocycles. The smallest absolute Gasteiger partial charge is 0.407 e. The molecule has 1 saturated heterocycles.